The maximum absolute atomic E-state index is 12.8. The number of para-hydroxylation sites is 1. The van der Waals surface area contributed by atoms with Crippen molar-refractivity contribution in [1.82, 2.24) is 4.72 Å². The van der Waals surface area contributed by atoms with E-state index in [9.17, 15) is 13.2 Å². The summed E-state index contributed by atoms with van der Waals surface area (Å²) in [6, 6.07) is 15.8. The number of hydrogen-bond acceptors (Lipinski definition) is 5. The fourth-order valence-electron chi connectivity index (χ4n) is 3.21. The van der Waals surface area contributed by atoms with Crippen LogP contribution in [0, 0.1) is 0 Å². The standard InChI is InChI=1S/C22H22N2O4S2/c1-22(2,3)24-30(26,27)16-8-6-7-15(12-16)23-21(25)19-11-14-13-28-18-10-5-4-9-17(18)20(14)29-19/h4-12,24H,13H2,1-3H3,(H,23,25). The number of nitrogens with one attached hydrogen (secondary N) is 2. The van der Waals surface area contributed by atoms with Gasteiger partial charge in [0.1, 0.15) is 12.4 Å². The number of carbonyl (C=O) groups is 1. The first-order valence-corrected chi connectivity index (χ1v) is 11.7. The van der Waals surface area contributed by atoms with Crippen molar-refractivity contribution < 1.29 is 17.9 Å². The molecule has 0 unspecified atom stereocenters. The molecule has 2 heterocycles. The number of amides is 1. The lowest BCUT2D eigenvalue weighted by atomic mass is 10.1. The average Bonchev–Trinajstić information content (AvgIpc) is 3.11. The molecule has 0 atom stereocenters. The molecule has 0 bridgehead atoms. The third-order valence-corrected chi connectivity index (χ3v) is 7.36. The molecule has 0 radical (unpaired) electrons. The van der Waals surface area contributed by atoms with Crippen LogP contribution in [0.25, 0.3) is 10.4 Å². The molecule has 0 saturated heterocycles. The van der Waals surface area contributed by atoms with Crippen LogP contribution in [-0.4, -0.2) is 19.9 Å². The van der Waals surface area contributed by atoms with Crippen LogP contribution in [0.1, 0.15) is 36.0 Å². The van der Waals surface area contributed by atoms with Gasteiger partial charge in [-0.3, -0.25) is 4.79 Å². The van der Waals surface area contributed by atoms with Gasteiger partial charge in [-0.1, -0.05) is 18.2 Å². The van der Waals surface area contributed by atoms with Crippen LogP contribution in [0.2, 0.25) is 0 Å². The highest BCUT2D eigenvalue weighted by Gasteiger charge is 2.24. The first-order chi connectivity index (χ1) is 14.1. The molecule has 2 aromatic carbocycles. The summed E-state index contributed by atoms with van der Waals surface area (Å²) in [5, 5.41) is 2.81. The average molecular weight is 443 g/mol. The van der Waals surface area contributed by atoms with E-state index in [1.165, 1.54) is 23.5 Å². The highest BCUT2D eigenvalue weighted by atomic mass is 32.2. The quantitative estimate of drug-likeness (QED) is 0.617. The van der Waals surface area contributed by atoms with Crippen molar-refractivity contribution in [2.45, 2.75) is 37.8 Å². The summed E-state index contributed by atoms with van der Waals surface area (Å²) in [7, 11) is -3.69. The highest BCUT2D eigenvalue weighted by Crippen LogP contribution is 2.42. The molecule has 6 nitrogen and oxygen atoms in total. The molecule has 0 aliphatic carbocycles. The van der Waals surface area contributed by atoms with Crippen LogP contribution < -0.4 is 14.8 Å². The molecule has 4 rings (SSSR count). The summed E-state index contributed by atoms with van der Waals surface area (Å²) in [5.41, 5.74) is 1.76. The minimum absolute atomic E-state index is 0.100. The Balaban J connectivity index is 1.57. The van der Waals surface area contributed by atoms with Gasteiger partial charge in [-0.05, 0) is 57.2 Å². The van der Waals surface area contributed by atoms with E-state index in [0.717, 1.165) is 21.8 Å². The van der Waals surface area contributed by atoms with E-state index in [4.69, 9.17) is 4.74 Å². The van der Waals surface area contributed by atoms with E-state index in [1.807, 2.05) is 30.3 Å². The Kier molecular flexibility index (Phi) is 5.17. The normalized spacial score (nSPS) is 13.2. The maximum atomic E-state index is 12.8. The minimum atomic E-state index is -3.69. The number of thiophene rings is 1. The topological polar surface area (TPSA) is 84.5 Å². The Morgan fingerprint density at radius 2 is 1.83 bits per heavy atom. The molecule has 8 heteroatoms. The molecule has 1 aliphatic rings. The molecular formula is C22H22N2O4S2. The monoisotopic (exact) mass is 442 g/mol. The number of hydrogen-bond donors (Lipinski definition) is 2. The zero-order chi connectivity index (χ0) is 21.5. The second-order valence-electron chi connectivity index (χ2n) is 8.09. The summed E-state index contributed by atoms with van der Waals surface area (Å²) in [5.74, 6) is 0.522. The summed E-state index contributed by atoms with van der Waals surface area (Å²) in [4.78, 5) is 14.5. The molecule has 1 amide bonds. The van der Waals surface area contributed by atoms with Gasteiger partial charge in [0.2, 0.25) is 10.0 Å². The highest BCUT2D eigenvalue weighted by molar-refractivity contribution is 7.89. The van der Waals surface area contributed by atoms with E-state index in [-0.39, 0.29) is 10.8 Å². The fraction of sp³-hybridized carbons (Fsp3) is 0.227. The third-order valence-electron chi connectivity index (χ3n) is 4.39. The number of rotatable bonds is 4. The Bertz CT molecular complexity index is 1220. The van der Waals surface area contributed by atoms with Gasteiger partial charge >= 0.3 is 0 Å². The van der Waals surface area contributed by atoms with Crippen LogP contribution in [-0.2, 0) is 16.6 Å². The molecule has 156 valence electrons. The lowest BCUT2D eigenvalue weighted by molar-refractivity contribution is 0.103. The van der Waals surface area contributed by atoms with Crippen molar-refractivity contribution in [3.8, 4) is 16.2 Å². The first kappa shape index (κ1) is 20.6. The van der Waals surface area contributed by atoms with Gasteiger partial charge in [-0.25, -0.2) is 13.1 Å². The van der Waals surface area contributed by atoms with Crippen molar-refractivity contribution in [3.63, 3.8) is 0 Å². The number of anilines is 1. The number of fused-ring (bicyclic) bond motifs is 3. The van der Waals surface area contributed by atoms with Crippen LogP contribution in [0.3, 0.4) is 0 Å². The van der Waals surface area contributed by atoms with Crippen molar-refractivity contribution >= 4 is 33.0 Å². The van der Waals surface area contributed by atoms with Gasteiger partial charge in [-0.15, -0.1) is 11.3 Å². The molecule has 1 aromatic heterocycles. The molecular weight excluding hydrogens is 420 g/mol. The van der Waals surface area contributed by atoms with Crippen LogP contribution in [0.4, 0.5) is 5.69 Å². The van der Waals surface area contributed by atoms with Gasteiger partial charge in [-0.2, -0.15) is 0 Å². The van der Waals surface area contributed by atoms with E-state index in [1.54, 1.807) is 32.9 Å². The van der Waals surface area contributed by atoms with E-state index < -0.39 is 15.6 Å². The Morgan fingerprint density at radius 3 is 2.60 bits per heavy atom. The number of ether oxygens (including phenoxy) is 1. The summed E-state index contributed by atoms with van der Waals surface area (Å²) in [6.45, 7) is 5.74. The molecule has 30 heavy (non-hydrogen) atoms. The molecule has 3 aromatic rings. The van der Waals surface area contributed by atoms with Crippen LogP contribution in [0.5, 0.6) is 5.75 Å². The zero-order valence-electron chi connectivity index (χ0n) is 16.9. The van der Waals surface area contributed by atoms with Gasteiger partial charge < -0.3 is 10.1 Å². The van der Waals surface area contributed by atoms with Gasteiger partial charge in [0.25, 0.3) is 5.91 Å². The Hall–Kier alpha value is -2.68. The predicted molar refractivity (Wildman–Crippen MR) is 119 cm³/mol. The molecule has 0 spiro atoms. The number of sulfonamides is 1. The maximum Gasteiger partial charge on any atom is 0.265 e. The predicted octanol–water partition coefficient (Wildman–Crippen LogP) is 4.64. The third kappa shape index (κ3) is 4.26. The summed E-state index contributed by atoms with van der Waals surface area (Å²) < 4.78 is 33.5. The Labute approximate surface area is 180 Å². The summed E-state index contributed by atoms with van der Waals surface area (Å²) in [6.07, 6.45) is 0. The van der Waals surface area contributed by atoms with Crippen molar-refractivity contribution in [2.75, 3.05) is 5.32 Å². The second-order valence-corrected chi connectivity index (χ2v) is 10.8. The number of benzene rings is 2. The van der Waals surface area contributed by atoms with Gasteiger partial charge in [0.05, 0.1) is 9.77 Å². The molecule has 1 aliphatic heterocycles. The van der Waals surface area contributed by atoms with Crippen molar-refractivity contribution in [3.05, 3.63) is 65.0 Å². The smallest absolute Gasteiger partial charge is 0.265 e. The first-order valence-electron chi connectivity index (χ1n) is 9.43. The lowest BCUT2D eigenvalue weighted by Gasteiger charge is -2.20. The van der Waals surface area contributed by atoms with Gasteiger partial charge in [0.15, 0.2) is 0 Å². The van der Waals surface area contributed by atoms with Crippen molar-refractivity contribution in [1.29, 1.82) is 0 Å². The zero-order valence-corrected chi connectivity index (χ0v) is 18.5. The largest absolute Gasteiger partial charge is 0.488 e. The molecule has 2 N–H and O–H groups in total. The van der Waals surface area contributed by atoms with Crippen LogP contribution >= 0.6 is 11.3 Å². The molecule has 0 saturated carbocycles. The van der Waals surface area contributed by atoms with E-state index in [2.05, 4.69) is 10.0 Å². The molecule has 0 fully saturated rings. The van der Waals surface area contributed by atoms with Crippen LogP contribution in [0.15, 0.2) is 59.5 Å². The van der Waals surface area contributed by atoms with E-state index >= 15 is 0 Å². The lowest BCUT2D eigenvalue weighted by Crippen LogP contribution is -2.40. The van der Waals surface area contributed by atoms with Crippen molar-refractivity contribution in [2.24, 2.45) is 0 Å². The number of carbonyl (C=O) groups excluding carboxylic acids is 1. The van der Waals surface area contributed by atoms with E-state index in [0.29, 0.717) is 17.2 Å². The SMILES string of the molecule is CC(C)(C)NS(=O)(=O)c1cccc(NC(=O)c2cc3c(s2)-c2ccccc2OC3)c1. The summed E-state index contributed by atoms with van der Waals surface area (Å²) >= 11 is 1.40. The van der Waals surface area contributed by atoms with Gasteiger partial charge in [0, 0.05) is 27.2 Å². The minimum Gasteiger partial charge on any atom is -0.488 e. The fourth-order valence-corrected chi connectivity index (χ4v) is 5.76. The Morgan fingerprint density at radius 1 is 1.07 bits per heavy atom. The second kappa shape index (κ2) is 7.54.